The molecule has 9 heteroatoms. The largest absolute Gasteiger partial charge is 0.451 e. The topological polar surface area (TPSA) is 79.1 Å². The van der Waals surface area contributed by atoms with Crippen molar-refractivity contribution in [1.82, 2.24) is 9.88 Å². The molecule has 0 unspecified atom stereocenters. The Morgan fingerprint density at radius 1 is 0.804 bits per heavy atom. The molecule has 0 spiro atoms. The molecule has 2 aliphatic heterocycles. The molecular formula is C42H35ClN4O4. The van der Waals surface area contributed by atoms with Crippen LogP contribution in [-0.2, 0) is 24.3 Å². The van der Waals surface area contributed by atoms with E-state index in [2.05, 4.69) is 34.1 Å². The number of anilines is 2. The van der Waals surface area contributed by atoms with Crippen molar-refractivity contribution in [2.75, 3.05) is 36.0 Å². The van der Waals surface area contributed by atoms with Gasteiger partial charge in [-0.25, -0.2) is 4.79 Å². The molecule has 1 saturated heterocycles. The van der Waals surface area contributed by atoms with Gasteiger partial charge in [0.2, 0.25) is 0 Å². The minimum Gasteiger partial charge on any atom is -0.451 e. The molecule has 2 aromatic heterocycles. The van der Waals surface area contributed by atoms with E-state index in [-0.39, 0.29) is 18.6 Å². The second-order valence-electron chi connectivity index (χ2n) is 12.8. The van der Waals surface area contributed by atoms with Crippen molar-refractivity contribution in [2.24, 2.45) is 0 Å². The van der Waals surface area contributed by atoms with E-state index in [0.29, 0.717) is 55.7 Å². The maximum Gasteiger partial charge on any atom is 0.410 e. The summed E-state index contributed by atoms with van der Waals surface area (Å²) in [6, 6.07) is 37.5. The van der Waals surface area contributed by atoms with Crippen LogP contribution in [0.5, 0.6) is 0 Å². The van der Waals surface area contributed by atoms with Crippen LogP contribution in [0.3, 0.4) is 0 Å². The molecule has 8 nitrogen and oxygen atoms in total. The molecule has 0 N–H and O–H groups in total. The van der Waals surface area contributed by atoms with Crippen LogP contribution in [-0.4, -0.2) is 48.1 Å². The van der Waals surface area contributed by atoms with Gasteiger partial charge in [-0.1, -0.05) is 72.3 Å². The molecule has 0 bridgehead atoms. The van der Waals surface area contributed by atoms with Crippen LogP contribution in [0.1, 0.15) is 32.8 Å². The third kappa shape index (κ3) is 6.83. The molecule has 2 aliphatic rings. The van der Waals surface area contributed by atoms with Crippen LogP contribution in [0.15, 0.2) is 132 Å². The maximum atomic E-state index is 14.5. The Labute approximate surface area is 301 Å². The first-order valence-corrected chi connectivity index (χ1v) is 17.4. The van der Waals surface area contributed by atoms with Crippen LogP contribution in [0.25, 0.3) is 22.5 Å². The normalized spacial score (nSPS) is 14.1. The molecule has 51 heavy (non-hydrogen) atoms. The standard InChI is InChI=1S/C42H35ClN4O4/c43-35-14-12-30(13-15-35)39-25-34-23-33-24-36(45-19-21-46(22-20-45)42(49)50-28-29-7-2-1-3-8-29)16-17-38(33)47(41(48)40(34)51-39)27-32-9-4-5-11-37(32)31-10-6-18-44-26-31/h1-18,24-26H,19-23,27-28H2. The molecule has 254 valence electrons. The van der Waals surface area contributed by atoms with E-state index >= 15 is 0 Å². The maximum absolute atomic E-state index is 14.5. The molecule has 8 rings (SSSR count). The van der Waals surface area contributed by atoms with E-state index in [1.165, 1.54) is 0 Å². The summed E-state index contributed by atoms with van der Waals surface area (Å²) >= 11 is 6.17. The second-order valence-corrected chi connectivity index (χ2v) is 13.2. The van der Waals surface area contributed by atoms with Crippen molar-refractivity contribution in [2.45, 2.75) is 19.6 Å². The van der Waals surface area contributed by atoms with Crippen molar-refractivity contribution >= 4 is 35.0 Å². The fourth-order valence-corrected chi connectivity index (χ4v) is 6.98. The van der Waals surface area contributed by atoms with Gasteiger partial charge in [0.15, 0.2) is 5.76 Å². The highest BCUT2D eigenvalue weighted by atomic mass is 35.5. The summed E-state index contributed by atoms with van der Waals surface area (Å²) in [5, 5.41) is 0.632. The van der Waals surface area contributed by atoms with Gasteiger partial charge in [-0.05, 0) is 76.9 Å². The number of halogens is 1. The Kier molecular flexibility index (Phi) is 8.99. The monoisotopic (exact) mass is 694 g/mol. The number of hydrogen-bond donors (Lipinski definition) is 0. The van der Waals surface area contributed by atoms with E-state index in [0.717, 1.165) is 50.3 Å². The lowest BCUT2D eigenvalue weighted by molar-refractivity contribution is 0.0940. The summed E-state index contributed by atoms with van der Waals surface area (Å²) in [7, 11) is 0. The first-order valence-electron chi connectivity index (χ1n) is 17.0. The second kappa shape index (κ2) is 14.2. The lowest BCUT2D eigenvalue weighted by atomic mass is 10.00. The number of furan rings is 1. The highest BCUT2D eigenvalue weighted by molar-refractivity contribution is 6.30. The zero-order chi connectivity index (χ0) is 34.7. The summed E-state index contributed by atoms with van der Waals surface area (Å²) in [6.07, 6.45) is 3.82. The van der Waals surface area contributed by atoms with Crippen LogP contribution >= 0.6 is 11.6 Å². The number of nitrogens with zero attached hydrogens (tertiary/aromatic N) is 4. The predicted octanol–water partition coefficient (Wildman–Crippen LogP) is 8.87. The number of aromatic nitrogens is 1. The van der Waals surface area contributed by atoms with Gasteiger partial charge in [-0.15, -0.1) is 0 Å². The Hall–Kier alpha value is -5.86. The zero-order valence-electron chi connectivity index (χ0n) is 27.9. The number of fused-ring (bicyclic) bond motifs is 2. The summed E-state index contributed by atoms with van der Waals surface area (Å²) < 4.78 is 12.0. The van der Waals surface area contributed by atoms with Gasteiger partial charge in [0, 0.05) is 78.1 Å². The van der Waals surface area contributed by atoms with Crippen molar-refractivity contribution in [3.8, 4) is 22.5 Å². The van der Waals surface area contributed by atoms with Gasteiger partial charge in [-0.2, -0.15) is 0 Å². The average molecular weight is 695 g/mol. The number of amides is 2. The molecule has 0 atom stereocenters. The Morgan fingerprint density at radius 3 is 2.37 bits per heavy atom. The van der Waals surface area contributed by atoms with Crippen molar-refractivity contribution in [3.63, 3.8) is 0 Å². The van der Waals surface area contributed by atoms with Gasteiger partial charge in [0.25, 0.3) is 5.91 Å². The summed E-state index contributed by atoms with van der Waals surface area (Å²) in [5.74, 6) is 0.759. The molecule has 0 saturated carbocycles. The third-order valence-electron chi connectivity index (χ3n) is 9.54. The SMILES string of the molecule is O=C(OCc1ccccc1)N1CCN(c2ccc3c(c2)Cc2cc(-c4ccc(Cl)cc4)oc2C(=O)N3Cc2ccccc2-c2cccnc2)CC1. The first-order chi connectivity index (χ1) is 25.0. The Bertz CT molecular complexity index is 2180. The molecule has 4 aromatic carbocycles. The molecule has 0 radical (unpaired) electrons. The minimum atomic E-state index is -0.301. The molecule has 0 aliphatic carbocycles. The molecule has 1 fully saturated rings. The van der Waals surface area contributed by atoms with E-state index in [9.17, 15) is 9.59 Å². The van der Waals surface area contributed by atoms with Gasteiger partial charge in [0.05, 0.1) is 6.54 Å². The third-order valence-corrected chi connectivity index (χ3v) is 9.79. The lowest BCUT2D eigenvalue weighted by Gasteiger charge is -2.36. The number of hydrogen-bond acceptors (Lipinski definition) is 6. The Morgan fingerprint density at radius 2 is 1.59 bits per heavy atom. The highest BCUT2D eigenvalue weighted by Crippen LogP contribution is 2.39. The van der Waals surface area contributed by atoms with E-state index in [1.807, 2.05) is 102 Å². The lowest BCUT2D eigenvalue weighted by Crippen LogP contribution is -2.49. The van der Waals surface area contributed by atoms with Crippen molar-refractivity contribution in [3.05, 3.63) is 161 Å². The van der Waals surface area contributed by atoms with E-state index in [4.69, 9.17) is 20.8 Å². The Balaban J connectivity index is 1.09. The number of rotatable bonds is 7. The summed E-state index contributed by atoms with van der Waals surface area (Å²) in [4.78, 5) is 37.6. The molecule has 6 aromatic rings. The molecular weight excluding hydrogens is 660 g/mol. The van der Waals surface area contributed by atoms with Crippen molar-refractivity contribution in [1.29, 1.82) is 0 Å². The molecule has 2 amide bonds. The molecule has 4 heterocycles. The smallest absolute Gasteiger partial charge is 0.410 e. The van der Waals surface area contributed by atoms with Crippen LogP contribution < -0.4 is 9.80 Å². The van der Waals surface area contributed by atoms with Crippen molar-refractivity contribution < 1.29 is 18.7 Å². The number of benzene rings is 4. The minimum absolute atomic E-state index is 0.194. The summed E-state index contributed by atoms with van der Waals surface area (Å²) in [5.41, 5.74) is 8.54. The zero-order valence-corrected chi connectivity index (χ0v) is 28.6. The fraction of sp³-hybridized carbons (Fsp3) is 0.167. The average Bonchev–Trinajstić information content (AvgIpc) is 3.56. The summed E-state index contributed by atoms with van der Waals surface area (Å²) in [6.45, 7) is 3.03. The fourth-order valence-electron chi connectivity index (χ4n) is 6.86. The number of pyridine rings is 1. The number of ether oxygens (including phenoxy) is 1. The van der Waals surface area contributed by atoms with E-state index in [1.54, 1.807) is 11.1 Å². The number of piperazine rings is 1. The van der Waals surface area contributed by atoms with Gasteiger partial charge in [-0.3, -0.25) is 9.78 Å². The van der Waals surface area contributed by atoms with E-state index < -0.39 is 0 Å². The van der Waals surface area contributed by atoms with Crippen LogP contribution in [0.4, 0.5) is 16.2 Å². The quantitative estimate of drug-likeness (QED) is 0.166. The van der Waals surface area contributed by atoms with Crippen LogP contribution in [0.2, 0.25) is 5.02 Å². The predicted molar refractivity (Wildman–Crippen MR) is 199 cm³/mol. The van der Waals surface area contributed by atoms with Gasteiger partial charge >= 0.3 is 6.09 Å². The van der Waals surface area contributed by atoms with Gasteiger partial charge in [0.1, 0.15) is 12.4 Å². The number of carbonyl (C=O) groups is 2. The highest BCUT2D eigenvalue weighted by Gasteiger charge is 2.32. The van der Waals surface area contributed by atoms with Crippen LogP contribution in [0, 0.1) is 0 Å². The van der Waals surface area contributed by atoms with Gasteiger partial charge < -0.3 is 23.9 Å². The first kappa shape index (κ1) is 32.4. The number of carbonyl (C=O) groups excluding carboxylic acids is 2.